The molecule has 0 amide bonds. The summed E-state index contributed by atoms with van der Waals surface area (Å²) in [5.41, 5.74) is 2.92. The molecule has 0 aliphatic carbocycles. The summed E-state index contributed by atoms with van der Waals surface area (Å²) in [7, 11) is 0. The highest BCUT2D eigenvalue weighted by atomic mass is 35.5. The first kappa shape index (κ1) is 29.0. The van der Waals surface area contributed by atoms with E-state index in [1.54, 1.807) is 35.6 Å². The van der Waals surface area contributed by atoms with Crippen molar-refractivity contribution in [2.45, 2.75) is 32.6 Å². The van der Waals surface area contributed by atoms with Crippen molar-refractivity contribution in [1.82, 2.24) is 14.9 Å². The number of hydrogen-bond donors (Lipinski definition) is 2. The molecule has 1 fully saturated rings. The number of piperazine rings is 1. The van der Waals surface area contributed by atoms with E-state index in [1.165, 1.54) is 18.5 Å². The highest BCUT2D eigenvalue weighted by Gasteiger charge is 2.19. The Balaban J connectivity index is 1.18. The molecule has 10 heteroatoms. The number of nitrogens with zero attached hydrogens (tertiary/aromatic N) is 4. The second-order valence-corrected chi connectivity index (χ2v) is 11.6. The molecule has 2 aromatic heterocycles. The number of fused-ring (bicyclic) bond motifs is 1. The fourth-order valence-corrected chi connectivity index (χ4v) is 6.43. The van der Waals surface area contributed by atoms with E-state index in [4.69, 9.17) is 11.6 Å². The molecule has 0 saturated carbocycles. The van der Waals surface area contributed by atoms with Crippen molar-refractivity contribution < 1.29 is 14.3 Å². The van der Waals surface area contributed by atoms with Gasteiger partial charge in [-0.05, 0) is 66.9 Å². The number of phenolic OH excluding ortho intramolecular Hbond substituents is 1. The average Bonchev–Trinajstić information content (AvgIpc) is 3.33. The minimum absolute atomic E-state index is 0.0444. The van der Waals surface area contributed by atoms with E-state index < -0.39 is 5.82 Å². The van der Waals surface area contributed by atoms with Crippen LogP contribution in [0.25, 0.3) is 10.2 Å². The molecule has 214 valence electrons. The topological polar surface area (TPSA) is 81.6 Å². The molecule has 1 aliphatic heterocycles. The zero-order valence-corrected chi connectivity index (χ0v) is 24.5. The van der Waals surface area contributed by atoms with Crippen molar-refractivity contribution in [2.75, 3.05) is 42.9 Å². The molecule has 1 saturated heterocycles. The number of ketones is 1. The molecule has 0 unspecified atom stereocenters. The van der Waals surface area contributed by atoms with Crippen LogP contribution in [0.4, 0.5) is 21.6 Å². The van der Waals surface area contributed by atoms with Crippen molar-refractivity contribution in [1.29, 1.82) is 0 Å². The highest BCUT2D eigenvalue weighted by molar-refractivity contribution is 7.19. The fourth-order valence-electron chi connectivity index (χ4n) is 5.06. The number of halogens is 2. The third kappa shape index (κ3) is 7.22. The molecule has 0 bridgehead atoms. The zero-order valence-electron chi connectivity index (χ0n) is 22.9. The first-order chi connectivity index (χ1) is 19.9. The number of anilines is 3. The summed E-state index contributed by atoms with van der Waals surface area (Å²) in [5, 5.41) is 13.8. The van der Waals surface area contributed by atoms with Gasteiger partial charge in [0.15, 0.2) is 5.78 Å². The van der Waals surface area contributed by atoms with Crippen LogP contribution in [0.5, 0.6) is 5.75 Å². The van der Waals surface area contributed by atoms with Crippen LogP contribution in [0.1, 0.15) is 30.2 Å². The van der Waals surface area contributed by atoms with Crippen molar-refractivity contribution in [3.8, 4) is 5.75 Å². The lowest BCUT2D eigenvalue weighted by Gasteiger charge is -2.35. The van der Waals surface area contributed by atoms with Gasteiger partial charge in [0.2, 0.25) is 0 Å². The average molecular weight is 594 g/mol. The molecule has 41 heavy (non-hydrogen) atoms. The van der Waals surface area contributed by atoms with Crippen LogP contribution in [0.15, 0.2) is 60.9 Å². The van der Waals surface area contributed by atoms with Crippen molar-refractivity contribution in [3.63, 3.8) is 0 Å². The summed E-state index contributed by atoms with van der Waals surface area (Å²) in [4.78, 5) is 28.4. The molecule has 3 heterocycles. The molecule has 2 N–H and O–H groups in total. The molecule has 4 aromatic rings. The Morgan fingerprint density at radius 2 is 1.90 bits per heavy atom. The smallest absolute Gasteiger partial charge is 0.155 e. The minimum Gasteiger partial charge on any atom is -0.508 e. The fraction of sp³-hybridized carbons (Fsp3) is 0.323. The summed E-state index contributed by atoms with van der Waals surface area (Å²) in [6.07, 6.45) is 8.07. The van der Waals surface area contributed by atoms with Crippen LogP contribution in [0.2, 0.25) is 5.02 Å². The van der Waals surface area contributed by atoms with E-state index in [0.717, 1.165) is 71.9 Å². The summed E-state index contributed by atoms with van der Waals surface area (Å²) >= 11 is 7.57. The van der Waals surface area contributed by atoms with Crippen LogP contribution >= 0.6 is 22.9 Å². The number of thiophene rings is 1. The maximum absolute atomic E-state index is 13.6. The summed E-state index contributed by atoms with van der Waals surface area (Å²) in [6.45, 7) is 6.53. The maximum Gasteiger partial charge on any atom is 0.155 e. The van der Waals surface area contributed by atoms with Gasteiger partial charge in [0, 0.05) is 55.4 Å². The van der Waals surface area contributed by atoms with E-state index in [2.05, 4.69) is 32.0 Å². The Morgan fingerprint density at radius 3 is 2.63 bits per heavy atom. The SMILES string of the molecule is CCCc1c(CCC(=O)/C=C/CN2CCN(c3ccc(O)cc3)CC2)sc2ncnc(Nc3ccc(F)c(Cl)c3)c12. The quantitative estimate of drug-likeness (QED) is 0.186. The van der Waals surface area contributed by atoms with Crippen molar-refractivity contribution in [3.05, 3.63) is 82.2 Å². The van der Waals surface area contributed by atoms with E-state index >= 15 is 0 Å². The number of carbonyl (C=O) groups is 1. The number of aryl methyl sites for hydroxylation is 2. The van der Waals surface area contributed by atoms with Crippen LogP contribution in [0.3, 0.4) is 0 Å². The number of hydrogen-bond acceptors (Lipinski definition) is 8. The lowest BCUT2D eigenvalue weighted by atomic mass is 10.0. The Bertz CT molecular complexity index is 1530. The Hall–Kier alpha value is -3.53. The standard InChI is InChI=1S/C31H33ClFN5O2S/c1-2-4-25-28(41-31-29(25)30(34-20-35-31)36-21-6-12-27(33)26(32)19-21)13-11-23(39)5-3-14-37-15-17-38(18-16-37)22-7-9-24(40)10-8-22/h3,5-10,12,19-20,40H,2,4,11,13-18H2,1H3,(H,34,35,36)/b5-3+. The first-order valence-corrected chi connectivity index (χ1v) is 15.0. The predicted molar refractivity (Wildman–Crippen MR) is 165 cm³/mol. The molecule has 0 spiro atoms. The Kier molecular flexibility index (Phi) is 9.49. The molecule has 1 aliphatic rings. The highest BCUT2D eigenvalue weighted by Crippen LogP contribution is 2.37. The van der Waals surface area contributed by atoms with Crippen LogP contribution in [0, 0.1) is 5.82 Å². The van der Waals surface area contributed by atoms with Gasteiger partial charge in [-0.3, -0.25) is 9.69 Å². The lowest BCUT2D eigenvalue weighted by molar-refractivity contribution is -0.114. The van der Waals surface area contributed by atoms with Crippen molar-refractivity contribution in [2.24, 2.45) is 0 Å². The number of benzene rings is 2. The van der Waals surface area contributed by atoms with Gasteiger partial charge in [-0.25, -0.2) is 14.4 Å². The normalized spacial score (nSPS) is 14.3. The predicted octanol–water partition coefficient (Wildman–Crippen LogP) is 6.77. The number of rotatable bonds is 11. The number of nitrogens with one attached hydrogen (secondary N) is 1. The molecule has 0 radical (unpaired) electrons. The lowest BCUT2D eigenvalue weighted by Crippen LogP contribution is -2.46. The molecular formula is C31H33ClFN5O2S. The number of carbonyl (C=O) groups excluding carboxylic acids is 1. The second kappa shape index (κ2) is 13.4. The van der Waals surface area contributed by atoms with E-state index in [9.17, 15) is 14.3 Å². The Labute approximate surface area is 248 Å². The third-order valence-electron chi connectivity index (χ3n) is 7.21. The van der Waals surface area contributed by atoms with Crippen molar-refractivity contribution >= 4 is 56.1 Å². The molecule has 0 atom stereocenters. The van der Waals surface area contributed by atoms with E-state index in [0.29, 0.717) is 24.3 Å². The first-order valence-electron chi connectivity index (χ1n) is 13.8. The van der Waals surface area contributed by atoms with Gasteiger partial charge in [-0.1, -0.05) is 31.0 Å². The van der Waals surface area contributed by atoms with E-state index in [1.807, 2.05) is 18.2 Å². The molecule has 7 nitrogen and oxygen atoms in total. The number of allylic oxidation sites excluding steroid dienone is 1. The maximum atomic E-state index is 13.6. The molecule has 5 rings (SSSR count). The van der Waals surface area contributed by atoms with Gasteiger partial charge in [0.25, 0.3) is 0 Å². The van der Waals surface area contributed by atoms with Crippen LogP contribution < -0.4 is 10.2 Å². The van der Waals surface area contributed by atoms with Gasteiger partial charge in [0.05, 0.1) is 10.4 Å². The van der Waals surface area contributed by atoms with E-state index in [-0.39, 0.29) is 16.6 Å². The second-order valence-electron chi connectivity index (χ2n) is 10.1. The van der Waals surface area contributed by atoms with Gasteiger partial charge in [-0.15, -0.1) is 11.3 Å². The van der Waals surface area contributed by atoms with Crippen LogP contribution in [-0.2, 0) is 17.6 Å². The van der Waals surface area contributed by atoms with Gasteiger partial charge < -0.3 is 15.3 Å². The molecular weight excluding hydrogens is 561 g/mol. The number of aromatic hydroxyl groups is 1. The minimum atomic E-state index is -0.471. The third-order valence-corrected chi connectivity index (χ3v) is 8.70. The number of phenols is 1. The monoisotopic (exact) mass is 593 g/mol. The number of aromatic nitrogens is 2. The zero-order chi connectivity index (χ0) is 28.8. The summed E-state index contributed by atoms with van der Waals surface area (Å²) in [6, 6.07) is 11.8. The van der Waals surface area contributed by atoms with Gasteiger partial charge >= 0.3 is 0 Å². The largest absolute Gasteiger partial charge is 0.508 e. The summed E-state index contributed by atoms with van der Waals surface area (Å²) < 4.78 is 13.6. The summed E-state index contributed by atoms with van der Waals surface area (Å²) in [5.74, 6) is 0.569. The van der Waals surface area contributed by atoms with Crippen LogP contribution in [-0.4, -0.2) is 58.5 Å². The Morgan fingerprint density at radius 1 is 1.12 bits per heavy atom. The molecule has 2 aromatic carbocycles. The van der Waals surface area contributed by atoms with Gasteiger partial charge in [0.1, 0.15) is 28.5 Å². The van der Waals surface area contributed by atoms with Gasteiger partial charge in [-0.2, -0.15) is 0 Å².